The molecule has 12 heavy (non-hydrogen) atoms. The summed E-state index contributed by atoms with van der Waals surface area (Å²) in [4.78, 5) is 0. The SMILES string of the molecule is CCc1cc(CO)cc(Cl)c1F. The van der Waals surface area contributed by atoms with E-state index < -0.39 is 0 Å². The first-order valence-corrected chi connectivity index (χ1v) is 4.14. The fourth-order valence-electron chi connectivity index (χ4n) is 1.06. The van der Waals surface area contributed by atoms with Crippen molar-refractivity contribution in [3.63, 3.8) is 0 Å². The summed E-state index contributed by atoms with van der Waals surface area (Å²) in [6.07, 6.45) is 0.583. The minimum absolute atomic E-state index is 0.0819. The zero-order valence-electron chi connectivity index (χ0n) is 6.77. The number of hydrogen-bond donors (Lipinski definition) is 1. The fourth-order valence-corrected chi connectivity index (χ4v) is 1.32. The second kappa shape index (κ2) is 3.87. The summed E-state index contributed by atoms with van der Waals surface area (Å²) in [7, 11) is 0. The highest BCUT2D eigenvalue weighted by atomic mass is 35.5. The van der Waals surface area contributed by atoms with Crippen molar-refractivity contribution in [2.75, 3.05) is 0 Å². The van der Waals surface area contributed by atoms with Crippen LogP contribution in [0.3, 0.4) is 0 Å². The monoisotopic (exact) mass is 188 g/mol. The Morgan fingerprint density at radius 3 is 2.67 bits per heavy atom. The van der Waals surface area contributed by atoms with E-state index in [-0.39, 0.29) is 17.4 Å². The molecule has 0 radical (unpaired) electrons. The molecule has 0 unspecified atom stereocenters. The van der Waals surface area contributed by atoms with Gasteiger partial charge in [-0.1, -0.05) is 24.6 Å². The van der Waals surface area contributed by atoms with Crippen LogP contribution in [0.25, 0.3) is 0 Å². The molecule has 1 rings (SSSR count). The number of rotatable bonds is 2. The molecular weight excluding hydrogens is 179 g/mol. The largest absolute Gasteiger partial charge is 0.392 e. The first-order valence-electron chi connectivity index (χ1n) is 3.76. The standard InChI is InChI=1S/C9H10ClFO/c1-2-7-3-6(5-12)4-8(10)9(7)11/h3-4,12H,2,5H2,1H3. The average molecular weight is 189 g/mol. The molecular formula is C9H10ClFO. The van der Waals surface area contributed by atoms with Crippen LogP contribution in [0, 0.1) is 5.82 Å². The number of aliphatic hydroxyl groups is 1. The highest BCUT2D eigenvalue weighted by Crippen LogP contribution is 2.21. The molecule has 3 heteroatoms. The van der Waals surface area contributed by atoms with Crippen LogP contribution in [0.15, 0.2) is 12.1 Å². The highest BCUT2D eigenvalue weighted by Gasteiger charge is 2.06. The normalized spacial score (nSPS) is 10.3. The van der Waals surface area contributed by atoms with Gasteiger partial charge < -0.3 is 5.11 Å². The van der Waals surface area contributed by atoms with Gasteiger partial charge in [-0.2, -0.15) is 0 Å². The maximum absolute atomic E-state index is 13.1. The molecule has 0 amide bonds. The zero-order valence-corrected chi connectivity index (χ0v) is 7.53. The van der Waals surface area contributed by atoms with Crippen LogP contribution in [0.1, 0.15) is 18.1 Å². The van der Waals surface area contributed by atoms with E-state index in [9.17, 15) is 4.39 Å². The molecule has 66 valence electrons. The van der Waals surface area contributed by atoms with Crippen molar-refractivity contribution in [3.8, 4) is 0 Å². The Hall–Kier alpha value is -0.600. The number of halogens is 2. The molecule has 0 heterocycles. The molecule has 0 aliphatic rings. The van der Waals surface area contributed by atoms with Crippen molar-refractivity contribution in [2.24, 2.45) is 0 Å². The van der Waals surface area contributed by atoms with E-state index in [1.165, 1.54) is 6.07 Å². The summed E-state index contributed by atoms with van der Waals surface area (Å²) in [5.74, 6) is -0.378. The highest BCUT2D eigenvalue weighted by molar-refractivity contribution is 6.30. The summed E-state index contributed by atoms with van der Waals surface area (Å²) < 4.78 is 13.1. The van der Waals surface area contributed by atoms with Gasteiger partial charge in [0, 0.05) is 0 Å². The van der Waals surface area contributed by atoms with Crippen molar-refractivity contribution < 1.29 is 9.50 Å². The van der Waals surface area contributed by atoms with Crippen molar-refractivity contribution in [1.82, 2.24) is 0 Å². The molecule has 0 aliphatic heterocycles. The summed E-state index contributed by atoms with van der Waals surface area (Å²) in [5, 5.41) is 8.87. The van der Waals surface area contributed by atoms with Gasteiger partial charge in [0.25, 0.3) is 0 Å². The Balaban J connectivity index is 3.19. The maximum Gasteiger partial charge on any atom is 0.144 e. The fraction of sp³-hybridized carbons (Fsp3) is 0.333. The maximum atomic E-state index is 13.1. The Bertz CT molecular complexity index is 286. The summed E-state index contributed by atoms with van der Waals surface area (Å²) in [5.41, 5.74) is 1.20. The lowest BCUT2D eigenvalue weighted by Gasteiger charge is -2.04. The van der Waals surface area contributed by atoms with E-state index in [1.807, 2.05) is 6.92 Å². The number of benzene rings is 1. The van der Waals surface area contributed by atoms with Gasteiger partial charge >= 0.3 is 0 Å². The average Bonchev–Trinajstić information content (AvgIpc) is 2.09. The molecule has 0 aliphatic carbocycles. The molecule has 0 bridgehead atoms. The molecule has 1 N–H and O–H groups in total. The third-order valence-corrected chi connectivity index (χ3v) is 2.00. The van der Waals surface area contributed by atoms with Crippen molar-refractivity contribution in [3.05, 3.63) is 34.1 Å². The van der Waals surface area contributed by atoms with Gasteiger partial charge in [-0.15, -0.1) is 0 Å². The molecule has 0 saturated heterocycles. The predicted octanol–water partition coefficient (Wildman–Crippen LogP) is 2.53. The molecule has 0 fully saturated rings. The van der Waals surface area contributed by atoms with Gasteiger partial charge in [-0.25, -0.2) is 4.39 Å². The first kappa shape index (κ1) is 9.49. The van der Waals surface area contributed by atoms with Crippen LogP contribution < -0.4 is 0 Å². The quantitative estimate of drug-likeness (QED) is 0.756. The Morgan fingerprint density at radius 2 is 2.17 bits per heavy atom. The first-order chi connectivity index (χ1) is 5.69. The molecule has 0 saturated carbocycles. The topological polar surface area (TPSA) is 20.2 Å². The minimum atomic E-state index is -0.378. The summed E-state index contributed by atoms with van der Waals surface area (Å²) in [6, 6.07) is 3.07. The number of aliphatic hydroxyl groups excluding tert-OH is 1. The molecule has 1 aromatic carbocycles. The van der Waals surface area contributed by atoms with E-state index in [1.54, 1.807) is 6.07 Å². The molecule has 1 aromatic rings. The molecule has 0 aromatic heterocycles. The van der Waals surface area contributed by atoms with Crippen LogP contribution in [0.5, 0.6) is 0 Å². The third-order valence-electron chi connectivity index (χ3n) is 1.73. The number of aryl methyl sites for hydroxylation is 1. The second-order valence-corrected chi connectivity index (χ2v) is 2.97. The molecule has 1 nitrogen and oxygen atoms in total. The van der Waals surface area contributed by atoms with E-state index in [4.69, 9.17) is 16.7 Å². The third kappa shape index (κ3) is 1.76. The van der Waals surface area contributed by atoms with Crippen LogP contribution >= 0.6 is 11.6 Å². The van der Waals surface area contributed by atoms with Crippen LogP contribution in [0.4, 0.5) is 4.39 Å². The lowest BCUT2D eigenvalue weighted by molar-refractivity contribution is 0.281. The molecule has 0 atom stereocenters. The minimum Gasteiger partial charge on any atom is -0.392 e. The van der Waals surface area contributed by atoms with E-state index in [0.29, 0.717) is 17.5 Å². The van der Waals surface area contributed by atoms with E-state index in [2.05, 4.69) is 0 Å². The second-order valence-electron chi connectivity index (χ2n) is 2.56. The van der Waals surface area contributed by atoms with Gasteiger partial charge in [-0.3, -0.25) is 0 Å². The van der Waals surface area contributed by atoms with Gasteiger partial charge in [0.15, 0.2) is 0 Å². The Kier molecular flexibility index (Phi) is 3.06. The Morgan fingerprint density at radius 1 is 1.50 bits per heavy atom. The predicted molar refractivity (Wildman–Crippen MR) is 46.7 cm³/mol. The van der Waals surface area contributed by atoms with Gasteiger partial charge in [0.05, 0.1) is 11.6 Å². The van der Waals surface area contributed by atoms with Crippen LogP contribution in [0.2, 0.25) is 5.02 Å². The van der Waals surface area contributed by atoms with Crippen molar-refractivity contribution in [2.45, 2.75) is 20.0 Å². The van der Waals surface area contributed by atoms with Crippen LogP contribution in [-0.2, 0) is 13.0 Å². The zero-order chi connectivity index (χ0) is 9.14. The lowest BCUT2D eigenvalue weighted by Crippen LogP contribution is -1.93. The van der Waals surface area contributed by atoms with Crippen molar-refractivity contribution >= 4 is 11.6 Å². The number of hydrogen-bond acceptors (Lipinski definition) is 1. The van der Waals surface area contributed by atoms with Gasteiger partial charge in [-0.05, 0) is 23.6 Å². The van der Waals surface area contributed by atoms with Gasteiger partial charge in [0.2, 0.25) is 0 Å². The van der Waals surface area contributed by atoms with E-state index >= 15 is 0 Å². The van der Waals surface area contributed by atoms with Crippen molar-refractivity contribution in [1.29, 1.82) is 0 Å². The summed E-state index contributed by atoms with van der Waals surface area (Å²) in [6.45, 7) is 1.74. The molecule has 0 spiro atoms. The smallest absolute Gasteiger partial charge is 0.144 e. The lowest BCUT2D eigenvalue weighted by atomic mass is 10.1. The van der Waals surface area contributed by atoms with E-state index in [0.717, 1.165) is 0 Å². The summed E-state index contributed by atoms with van der Waals surface area (Å²) >= 11 is 5.59. The van der Waals surface area contributed by atoms with Crippen LogP contribution in [-0.4, -0.2) is 5.11 Å². The Labute approximate surface area is 75.8 Å². The van der Waals surface area contributed by atoms with Gasteiger partial charge in [0.1, 0.15) is 5.82 Å².